The van der Waals surface area contributed by atoms with Gasteiger partial charge in [0.1, 0.15) is 0 Å². The van der Waals surface area contributed by atoms with Crippen LogP contribution in [0.15, 0.2) is 17.5 Å². The molecule has 2 heterocycles. The number of nitrogens with one attached hydrogen (secondary N) is 1. The lowest BCUT2D eigenvalue weighted by molar-refractivity contribution is 0.0957. The summed E-state index contributed by atoms with van der Waals surface area (Å²) in [4.78, 5) is 12.7. The minimum atomic E-state index is 0.00435. The number of rotatable bonds is 4. The van der Waals surface area contributed by atoms with Gasteiger partial charge >= 0.3 is 0 Å². The minimum absolute atomic E-state index is 0.00435. The van der Waals surface area contributed by atoms with Crippen molar-refractivity contribution in [1.29, 1.82) is 0 Å². The summed E-state index contributed by atoms with van der Waals surface area (Å²) < 4.78 is 2.37. The summed E-state index contributed by atoms with van der Waals surface area (Å²) in [5.41, 5.74) is 0. The first-order chi connectivity index (χ1) is 8.24. The second-order valence-corrected chi connectivity index (χ2v) is 6.92. The molecule has 0 saturated heterocycles. The maximum absolute atomic E-state index is 11.9. The highest BCUT2D eigenvalue weighted by Gasteiger charge is 2.29. The summed E-state index contributed by atoms with van der Waals surface area (Å²) in [5.74, 6) is 0.619. The number of carbonyl (C=O) groups is 1. The highest BCUT2D eigenvalue weighted by atomic mass is 35.5. The van der Waals surface area contributed by atoms with Gasteiger partial charge in [-0.3, -0.25) is 4.79 Å². The predicted molar refractivity (Wildman–Crippen MR) is 74.4 cm³/mol. The predicted octanol–water partition coefficient (Wildman–Crippen LogP) is 3.71. The zero-order valence-electron chi connectivity index (χ0n) is 9.11. The van der Waals surface area contributed by atoms with E-state index < -0.39 is 0 Å². The lowest BCUT2D eigenvalue weighted by Gasteiger charge is -2.08. The third-order valence-electron chi connectivity index (χ3n) is 2.95. The van der Waals surface area contributed by atoms with Gasteiger partial charge in [0, 0.05) is 15.9 Å². The Labute approximate surface area is 113 Å². The van der Waals surface area contributed by atoms with Crippen LogP contribution in [0.25, 0.3) is 9.40 Å². The summed E-state index contributed by atoms with van der Waals surface area (Å²) in [7, 11) is 0. The van der Waals surface area contributed by atoms with Crippen molar-refractivity contribution in [3.63, 3.8) is 0 Å². The maximum Gasteiger partial charge on any atom is 0.261 e. The van der Waals surface area contributed by atoms with E-state index in [4.69, 9.17) is 11.6 Å². The van der Waals surface area contributed by atoms with Crippen LogP contribution in [0.4, 0.5) is 0 Å². The van der Waals surface area contributed by atoms with Crippen molar-refractivity contribution >= 4 is 49.6 Å². The van der Waals surface area contributed by atoms with E-state index >= 15 is 0 Å². The van der Waals surface area contributed by atoms with Gasteiger partial charge in [0.2, 0.25) is 0 Å². The van der Waals surface area contributed by atoms with Gasteiger partial charge in [-0.2, -0.15) is 0 Å². The van der Waals surface area contributed by atoms with Gasteiger partial charge in [0.15, 0.2) is 0 Å². The maximum atomic E-state index is 11.9. The molecule has 1 atom stereocenters. The molecule has 1 saturated carbocycles. The minimum Gasteiger partial charge on any atom is -0.350 e. The average Bonchev–Trinajstić information content (AvgIpc) is 2.94. The topological polar surface area (TPSA) is 29.1 Å². The van der Waals surface area contributed by atoms with Crippen molar-refractivity contribution < 1.29 is 4.79 Å². The summed E-state index contributed by atoms with van der Waals surface area (Å²) in [5, 5.41) is 5.06. The Balaban J connectivity index is 1.63. The van der Waals surface area contributed by atoms with Crippen LogP contribution in [0, 0.1) is 5.92 Å². The molecule has 0 bridgehead atoms. The van der Waals surface area contributed by atoms with Crippen molar-refractivity contribution in [2.24, 2.45) is 5.92 Å². The van der Waals surface area contributed by atoms with Crippen molar-refractivity contribution in [2.75, 3.05) is 6.54 Å². The van der Waals surface area contributed by atoms with E-state index in [9.17, 15) is 4.79 Å². The first kappa shape index (κ1) is 11.5. The Morgan fingerprint density at radius 2 is 2.35 bits per heavy atom. The number of halogens is 1. The fourth-order valence-electron chi connectivity index (χ4n) is 1.78. The Hall–Kier alpha value is -0.580. The first-order valence-electron chi connectivity index (χ1n) is 5.63. The molecule has 1 aliphatic rings. The Morgan fingerprint density at radius 3 is 3.06 bits per heavy atom. The average molecular weight is 286 g/mol. The molecule has 17 heavy (non-hydrogen) atoms. The van der Waals surface area contributed by atoms with Gasteiger partial charge < -0.3 is 5.32 Å². The number of hydrogen-bond donors (Lipinski definition) is 1. The van der Waals surface area contributed by atoms with Crippen LogP contribution < -0.4 is 5.32 Å². The van der Waals surface area contributed by atoms with Gasteiger partial charge in [-0.05, 0) is 36.3 Å². The normalized spacial score (nSPS) is 17.2. The first-order valence-corrected chi connectivity index (χ1v) is 7.76. The summed E-state index contributed by atoms with van der Waals surface area (Å²) in [6.07, 6.45) is 2.41. The molecular weight excluding hydrogens is 274 g/mol. The molecule has 3 rings (SSSR count). The highest BCUT2D eigenvalue weighted by Crippen LogP contribution is 2.35. The van der Waals surface area contributed by atoms with Crippen LogP contribution in [0.2, 0.25) is 0 Å². The van der Waals surface area contributed by atoms with Crippen LogP contribution in [0.1, 0.15) is 22.5 Å². The van der Waals surface area contributed by atoms with Gasteiger partial charge in [-0.1, -0.05) is 0 Å². The monoisotopic (exact) mass is 285 g/mol. The molecule has 1 fully saturated rings. The van der Waals surface area contributed by atoms with Gasteiger partial charge in [0.25, 0.3) is 5.91 Å². The van der Waals surface area contributed by atoms with E-state index in [1.807, 2.05) is 11.4 Å². The lowest BCUT2D eigenvalue weighted by Crippen LogP contribution is -2.30. The molecule has 1 unspecified atom stereocenters. The largest absolute Gasteiger partial charge is 0.350 e. The smallest absolute Gasteiger partial charge is 0.261 e. The van der Waals surface area contributed by atoms with Crippen LogP contribution in [-0.2, 0) is 0 Å². The Morgan fingerprint density at radius 1 is 1.53 bits per heavy atom. The molecule has 1 amide bonds. The molecule has 0 spiro atoms. The number of thiophene rings is 2. The molecule has 0 aliphatic heterocycles. The van der Waals surface area contributed by atoms with Gasteiger partial charge in [0.05, 0.1) is 10.3 Å². The van der Waals surface area contributed by atoms with Crippen LogP contribution >= 0.6 is 34.3 Å². The van der Waals surface area contributed by atoms with Crippen molar-refractivity contribution in [1.82, 2.24) is 5.32 Å². The highest BCUT2D eigenvalue weighted by molar-refractivity contribution is 7.27. The second kappa shape index (κ2) is 4.59. The Bertz CT molecular complexity index is 515. The summed E-state index contributed by atoms with van der Waals surface area (Å²) >= 11 is 9.37. The van der Waals surface area contributed by atoms with Crippen molar-refractivity contribution in [3.8, 4) is 0 Å². The van der Waals surface area contributed by atoms with Crippen molar-refractivity contribution in [3.05, 3.63) is 22.4 Å². The molecule has 90 valence electrons. The van der Waals surface area contributed by atoms with E-state index in [-0.39, 0.29) is 11.3 Å². The molecule has 0 aromatic carbocycles. The van der Waals surface area contributed by atoms with Crippen LogP contribution in [0.3, 0.4) is 0 Å². The second-order valence-electron chi connectivity index (χ2n) is 4.32. The third-order valence-corrected chi connectivity index (χ3v) is 5.56. The standard InChI is InChI=1S/C12H12ClNOS2/c13-8(7-1-2-7)6-14-12(15)11-5-10-9(17-11)3-4-16-10/h3-5,7-8H,1-2,6H2,(H,14,15). The SMILES string of the molecule is O=C(NCC(Cl)C1CC1)c1cc2sccc2s1. The zero-order chi connectivity index (χ0) is 11.8. The molecular formula is C12H12ClNOS2. The molecule has 5 heteroatoms. The zero-order valence-corrected chi connectivity index (χ0v) is 11.5. The van der Waals surface area contributed by atoms with Gasteiger partial charge in [-0.25, -0.2) is 0 Å². The summed E-state index contributed by atoms with van der Waals surface area (Å²) in [6.45, 7) is 0.580. The van der Waals surface area contributed by atoms with E-state index in [1.165, 1.54) is 22.2 Å². The van der Waals surface area contributed by atoms with Crippen molar-refractivity contribution in [2.45, 2.75) is 18.2 Å². The van der Waals surface area contributed by atoms with Gasteiger partial charge in [-0.15, -0.1) is 34.3 Å². The quantitative estimate of drug-likeness (QED) is 0.853. The third kappa shape index (κ3) is 2.49. The number of amides is 1. The van der Waals surface area contributed by atoms with E-state index in [0.717, 1.165) is 4.88 Å². The lowest BCUT2D eigenvalue weighted by atomic mass is 10.3. The molecule has 1 aliphatic carbocycles. The van der Waals surface area contributed by atoms with Crippen LogP contribution in [0.5, 0.6) is 0 Å². The van der Waals surface area contributed by atoms with E-state index in [1.54, 1.807) is 22.7 Å². The molecule has 2 aromatic rings. The number of alkyl halides is 1. The molecule has 2 nitrogen and oxygen atoms in total. The number of carbonyl (C=O) groups excluding carboxylic acids is 1. The van der Waals surface area contributed by atoms with E-state index in [0.29, 0.717) is 12.5 Å². The number of hydrogen-bond acceptors (Lipinski definition) is 3. The van der Waals surface area contributed by atoms with E-state index in [2.05, 4.69) is 11.4 Å². The summed E-state index contributed by atoms with van der Waals surface area (Å²) in [6, 6.07) is 4.01. The Kier molecular flexibility index (Phi) is 3.11. The number of fused-ring (bicyclic) bond motifs is 1. The van der Waals surface area contributed by atoms with Crippen LogP contribution in [-0.4, -0.2) is 17.8 Å². The fraction of sp³-hybridized carbons (Fsp3) is 0.417. The molecule has 0 radical (unpaired) electrons. The molecule has 2 aromatic heterocycles. The molecule has 1 N–H and O–H groups in total. The fourth-order valence-corrected chi connectivity index (χ4v) is 4.13.